The first-order chi connectivity index (χ1) is 11.3. The number of nitrogens with zero attached hydrogens (tertiary/aromatic N) is 1. The van der Waals surface area contributed by atoms with Crippen LogP contribution in [0.1, 0.15) is 11.1 Å². The third kappa shape index (κ3) is 4.08. The van der Waals surface area contributed by atoms with Crippen molar-refractivity contribution in [3.8, 4) is 0 Å². The molecule has 24 heavy (non-hydrogen) atoms. The van der Waals surface area contributed by atoms with Gasteiger partial charge in [-0.05, 0) is 43.2 Å². The summed E-state index contributed by atoms with van der Waals surface area (Å²) in [6.45, 7) is 3.63. The lowest BCUT2D eigenvalue weighted by Crippen LogP contribution is -2.29. The van der Waals surface area contributed by atoms with Gasteiger partial charge < -0.3 is 10.6 Å². The average molecular weight is 348 g/mol. The van der Waals surface area contributed by atoms with Gasteiger partial charge in [0, 0.05) is 17.8 Å². The van der Waals surface area contributed by atoms with E-state index in [0.29, 0.717) is 10.7 Å². The van der Waals surface area contributed by atoms with Gasteiger partial charge in [0.2, 0.25) is 0 Å². The molecule has 2 rings (SSSR count). The topological polar surface area (TPSA) is 101 Å². The van der Waals surface area contributed by atoms with E-state index in [1.54, 1.807) is 13.0 Å². The van der Waals surface area contributed by atoms with Gasteiger partial charge in [-0.3, -0.25) is 19.7 Å². The summed E-state index contributed by atoms with van der Waals surface area (Å²) in [4.78, 5) is 33.9. The van der Waals surface area contributed by atoms with E-state index in [9.17, 15) is 19.7 Å². The summed E-state index contributed by atoms with van der Waals surface area (Å²) in [5, 5.41) is 15.7. The third-order valence-corrected chi connectivity index (χ3v) is 3.51. The van der Waals surface area contributed by atoms with Crippen LogP contribution in [0.5, 0.6) is 0 Å². The Morgan fingerprint density at radius 2 is 1.62 bits per heavy atom. The summed E-state index contributed by atoms with van der Waals surface area (Å²) in [5.74, 6) is -1.79. The predicted octanol–water partition coefficient (Wildman–Crippen LogP) is 3.44. The molecule has 2 amide bonds. The number of anilines is 2. The third-order valence-electron chi connectivity index (χ3n) is 3.21. The number of amides is 2. The Balaban J connectivity index is 2.07. The number of aryl methyl sites for hydroxylation is 2. The summed E-state index contributed by atoms with van der Waals surface area (Å²) >= 11 is 6.08. The molecule has 7 nitrogen and oxygen atoms in total. The minimum absolute atomic E-state index is 0.112. The molecule has 0 aromatic heterocycles. The summed E-state index contributed by atoms with van der Waals surface area (Å²) in [7, 11) is 0. The Morgan fingerprint density at radius 1 is 1.04 bits per heavy atom. The highest BCUT2D eigenvalue weighted by Gasteiger charge is 2.17. The van der Waals surface area contributed by atoms with Gasteiger partial charge in [0.1, 0.15) is 0 Å². The summed E-state index contributed by atoms with van der Waals surface area (Å²) in [5.41, 5.74) is 2.19. The van der Waals surface area contributed by atoms with Crippen molar-refractivity contribution in [1.82, 2.24) is 0 Å². The Labute approximate surface area is 142 Å². The molecule has 0 spiro atoms. The van der Waals surface area contributed by atoms with E-state index in [1.165, 1.54) is 24.3 Å². The zero-order valence-corrected chi connectivity index (χ0v) is 13.7. The lowest BCUT2D eigenvalue weighted by atomic mass is 10.1. The zero-order valence-electron chi connectivity index (χ0n) is 12.9. The first kappa shape index (κ1) is 17.4. The van der Waals surface area contributed by atoms with E-state index in [-0.39, 0.29) is 11.4 Å². The quantitative estimate of drug-likeness (QED) is 0.504. The van der Waals surface area contributed by atoms with Crippen LogP contribution in [-0.2, 0) is 9.59 Å². The number of nitro benzene ring substituents is 1. The number of halogens is 1. The molecule has 8 heteroatoms. The number of hydrogen-bond donors (Lipinski definition) is 2. The maximum Gasteiger partial charge on any atom is 0.314 e. The monoisotopic (exact) mass is 347 g/mol. The van der Waals surface area contributed by atoms with Crippen molar-refractivity contribution in [3.63, 3.8) is 0 Å². The smallest absolute Gasteiger partial charge is 0.314 e. The van der Waals surface area contributed by atoms with Crippen molar-refractivity contribution in [2.24, 2.45) is 0 Å². The average Bonchev–Trinajstić information content (AvgIpc) is 2.51. The molecular weight excluding hydrogens is 334 g/mol. The van der Waals surface area contributed by atoms with Gasteiger partial charge in [-0.2, -0.15) is 0 Å². The molecule has 0 aliphatic carbocycles. The largest absolute Gasteiger partial charge is 0.318 e. The number of carbonyl (C=O) groups is 2. The highest BCUT2D eigenvalue weighted by atomic mass is 35.5. The van der Waals surface area contributed by atoms with Crippen LogP contribution in [0.3, 0.4) is 0 Å². The summed E-state index contributed by atoms with van der Waals surface area (Å²) < 4.78 is 0. The zero-order chi connectivity index (χ0) is 17.9. The lowest BCUT2D eigenvalue weighted by Gasteiger charge is -2.11. The van der Waals surface area contributed by atoms with Crippen molar-refractivity contribution in [2.45, 2.75) is 13.8 Å². The number of rotatable bonds is 3. The number of nitro groups is 1. The second-order valence-electron chi connectivity index (χ2n) is 5.15. The molecule has 0 fully saturated rings. The van der Waals surface area contributed by atoms with E-state index in [1.807, 2.05) is 13.0 Å². The molecular formula is C16H14ClN3O4. The van der Waals surface area contributed by atoms with Gasteiger partial charge in [0.15, 0.2) is 0 Å². The van der Waals surface area contributed by atoms with Crippen molar-refractivity contribution >= 4 is 40.5 Å². The maximum absolute atomic E-state index is 12.0. The van der Waals surface area contributed by atoms with Gasteiger partial charge in [-0.15, -0.1) is 0 Å². The van der Waals surface area contributed by atoms with Crippen molar-refractivity contribution in [2.75, 3.05) is 10.6 Å². The minimum Gasteiger partial charge on any atom is -0.318 e. The maximum atomic E-state index is 12.0. The number of carbonyl (C=O) groups excluding carboxylic acids is 2. The standard InChI is InChI=1S/C16H14ClN3O4/c1-9-7-10(2)14(13(17)8-9)19-16(22)15(21)18-11-3-5-12(6-4-11)20(23)24/h3-8H,1-2H3,(H,18,21)(H,19,22). The van der Waals surface area contributed by atoms with Gasteiger partial charge >= 0.3 is 11.8 Å². The van der Waals surface area contributed by atoms with Crippen LogP contribution >= 0.6 is 11.6 Å². The normalized spacial score (nSPS) is 10.1. The lowest BCUT2D eigenvalue weighted by molar-refractivity contribution is -0.384. The SMILES string of the molecule is Cc1cc(C)c(NC(=O)C(=O)Nc2ccc([N+](=O)[O-])cc2)c(Cl)c1. The first-order valence-corrected chi connectivity index (χ1v) is 7.29. The summed E-state index contributed by atoms with van der Waals surface area (Å²) in [6, 6.07) is 8.65. The number of non-ortho nitro benzene ring substituents is 1. The number of benzene rings is 2. The first-order valence-electron chi connectivity index (χ1n) is 6.91. The molecule has 0 unspecified atom stereocenters. The van der Waals surface area contributed by atoms with Crippen LogP contribution in [0.2, 0.25) is 5.02 Å². The number of nitrogens with one attached hydrogen (secondary N) is 2. The molecule has 0 saturated carbocycles. The number of hydrogen-bond acceptors (Lipinski definition) is 4. The van der Waals surface area contributed by atoms with Gasteiger partial charge in [0.25, 0.3) is 5.69 Å². The van der Waals surface area contributed by atoms with Crippen LogP contribution in [0, 0.1) is 24.0 Å². The van der Waals surface area contributed by atoms with Crippen molar-refractivity contribution in [1.29, 1.82) is 0 Å². The fourth-order valence-corrected chi connectivity index (χ4v) is 2.47. The van der Waals surface area contributed by atoms with E-state index < -0.39 is 16.7 Å². The molecule has 2 aromatic carbocycles. The van der Waals surface area contributed by atoms with E-state index >= 15 is 0 Å². The van der Waals surface area contributed by atoms with Gasteiger partial charge in [-0.25, -0.2) is 0 Å². The van der Waals surface area contributed by atoms with E-state index in [0.717, 1.165) is 11.1 Å². The van der Waals surface area contributed by atoms with Gasteiger partial charge in [0.05, 0.1) is 15.6 Å². The molecule has 0 aliphatic rings. The van der Waals surface area contributed by atoms with Gasteiger partial charge in [-0.1, -0.05) is 17.7 Å². The minimum atomic E-state index is -0.903. The Bertz CT molecular complexity index is 796. The predicted molar refractivity (Wildman–Crippen MR) is 91.3 cm³/mol. The highest BCUT2D eigenvalue weighted by Crippen LogP contribution is 2.27. The molecule has 0 radical (unpaired) electrons. The van der Waals surface area contributed by atoms with Crippen LogP contribution < -0.4 is 10.6 Å². The van der Waals surface area contributed by atoms with Crippen LogP contribution in [-0.4, -0.2) is 16.7 Å². The second-order valence-corrected chi connectivity index (χ2v) is 5.56. The fourth-order valence-electron chi connectivity index (χ4n) is 2.10. The van der Waals surface area contributed by atoms with Crippen LogP contribution in [0.4, 0.5) is 17.1 Å². The van der Waals surface area contributed by atoms with Crippen molar-refractivity contribution < 1.29 is 14.5 Å². The molecule has 0 atom stereocenters. The summed E-state index contributed by atoms with van der Waals surface area (Å²) in [6.07, 6.45) is 0. The molecule has 2 aromatic rings. The Hall–Kier alpha value is -2.93. The molecule has 0 aliphatic heterocycles. The fraction of sp³-hybridized carbons (Fsp3) is 0.125. The Morgan fingerprint density at radius 3 is 2.17 bits per heavy atom. The Kier molecular flexibility index (Phi) is 5.15. The second kappa shape index (κ2) is 7.10. The van der Waals surface area contributed by atoms with E-state index in [4.69, 9.17) is 11.6 Å². The highest BCUT2D eigenvalue weighted by molar-refractivity contribution is 6.45. The van der Waals surface area contributed by atoms with Crippen LogP contribution in [0.15, 0.2) is 36.4 Å². The molecule has 124 valence electrons. The van der Waals surface area contributed by atoms with Crippen molar-refractivity contribution in [3.05, 3.63) is 62.7 Å². The molecule has 2 N–H and O–H groups in total. The molecule has 0 bridgehead atoms. The molecule has 0 heterocycles. The van der Waals surface area contributed by atoms with E-state index in [2.05, 4.69) is 10.6 Å². The molecule has 0 saturated heterocycles. The van der Waals surface area contributed by atoms with Crippen LogP contribution in [0.25, 0.3) is 0 Å².